The van der Waals surface area contributed by atoms with Gasteiger partial charge in [0.2, 0.25) is 0 Å². The first-order valence-corrected chi connectivity index (χ1v) is 3.49. The zero-order valence-electron chi connectivity index (χ0n) is 6.13. The second-order valence-electron chi connectivity index (χ2n) is 1.68. The van der Waals surface area contributed by atoms with Gasteiger partial charge in [0.25, 0.3) is 0 Å². The van der Waals surface area contributed by atoms with Gasteiger partial charge in [0.1, 0.15) is 0 Å². The molecule has 0 saturated heterocycles. The Kier molecular flexibility index (Phi) is 5.51. The Balaban J connectivity index is 0.000000810. The Bertz CT molecular complexity index is 185. The molecule has 0 aromatic heterocycles. The van der Waals surface area contributed by atoms with Crippen molar-refractivity contribution >= 4 is 20.5 Å². The standard InChI is InChI=1S/C7H7OSe.Na/c1-8-6-2-4-7(9)5-3-6;/h2-5H,1H3;/q;+1. The quantitative estimate of drug-likeness (QED) is 0.464. The Morgan fingerprint density at radius 3 is 2.10 bits per heavy atom. The van der Waals surface area contributed by atoms with Crippen molar-refractivity contribution in [2.24, 2.45) is 0 Å². The fourth-order valence-corrected chi connectivity index (χ4v) is 0.861. The second-order valence-corrected chi connectivity index (χ2v) is 2.66. The first-order chi connectivity index (χ1) is 4.33. The topological polar surface area (TPSA) is 9.23 Å². The van der Waals surface area contributed by atoms with Crippen molar-refractivity contribution in [2.45, 2.75) is 0 Å². The summed E-state index contributed by atoms with van der Waals surface area (Å²) in [6, 6.07) is 7.79. The van der Waals surface area contributed by atoms with Crippen LogP contribution < -0.4 is 38.8 Å². The molecule has 0 aliphatic carbocycles. The molecule has 47 valence electrons. The third-order valence-corrected chi connectivity index (χ3v) is 1.63. The SMILES string of the molecule is COc1ccc([Se])cc1.[Na+]. The summed E-state index contributed by atoms with van der Waals surface area (Å²) in [5, 5.41) is 0. The predicted octanol–water partition coefficient (Wildman–Crippen LogP) is -2.51. The van der Waals surface area contributed by atoms with Crippen LogP contribution >= 0.6 is 0 Å². The van der Waals surface area contributed by atoms with Gasteiger partial charge in [0.15, 0.2) is 0 Å². The van der Waals surface area contributed by atoms with Gasteiger partial charge >= 0.3 is 91.9 Å². The molecule has 1 rings (SSSR count). The van der Waals surface area contributed by atoms with Crippen LogP contribution in [0.2, 0.25) is 0 Å². The summed E-state index contributed by atoms with van der Waals surface area (Å²) in [5.74, 6) is 0.897. The second kappa shape index (κ2) is 5.22. The Morgan fingerprint density at radius 1 is 1.20 bits per heavy atom. The molecule has 0 atom stereocenters. The minimum absolute atomic E-state index is 0. The van der Waals surface area contributed by atoms with E-state index in [0.717, 1.165) is 10.2 Å². The average Bonchev–Trinajstić information content (AvgIpc) is 1.90. The molecule has 0 aliphatic heterocycles. The van der Waals surface area contributed by atoms with Gasteiger partial charge < -0.3 is 0 Å². The van der Waals surface area contributed by atoms with E-state index in [1.807, 2.05) is 24.3 Å². The van der Waals surface area contributed by atoms with Gasteiger partial charge in [-0.25, -0.2) is 0 Å². The van der Waals surface area contributed by atoms with Crippen molar-refractivity contribution in [1.29, 1.82) is 0 Å². The summed E-state index contributed by atoms with van der Waals surface area (Å²) < 4.78 is 6.09. The molecular weight excluding hydrogens is 202 g/mol. The van der Waals surface area contributed by atoms with Gasteiger partial charge in [-0.3, -0.25) is 0 Å². The van der Waals surface area contributed by atoms with E-state index in [9.17, 15) is 0 Å². The smallest absolute Gasteiger partial charge is 1.00 e. The summed E-state index contributed by atoms with van der Waals surface area (Å²) in [4.78, 5) is 0. The molecule has 0 amide bonds. The molecule has 3 heteroatoms. The van der Waals surface area contributed by atoms with E-state index in [4.69, 9.17) is 4.74 Å². The van der Waals surface area contributed by atoms with E-state index in [1.165, 1.54) is 0 Å². The Morgan fingerprint density at radius 2 is 1.70 bits per heavy atom. The molecule has 0 aliphatic rings. The summed E-state index contributed by atoms with van der Waals surface area (Å²) in [7, 11) is 1.66. The van der Waals surface area contributed by atoms with Crippen LogP contribution in [0, 0.1) is 0 Å². The van der Waals surface area contributed by atoms with Gasteiger partial charge in [-0.15, -0.1) is 0 Å². The van der Waals surface area contributed by atoms with Crippen molar-refractivity contribution in [1.82, 2.24) is 0 Å². The van der Waals surface area contributed by atoms with Crippen molar-refractivity contribution in [3.63, 3.8) is 0 Å². The monoisotopic (exact) mass is 210 g/mol. The van der Waals surface area contributed by atoms with E-state index in [-0.39, 0.29) is 29.6 Å². The molecule has 0 heterocycles. The van der Waals surface area contributed by atoms with E-state index < -0.39 is 0 Å². The molecule has 10 heavy (non-hydrogen) atoms. The van der Waals surface area contributed by atoms with Crippen LogP contribution in [0.15, 0.2) is 24.3 Å². The number of hydrogen-bond acceptors (Lipinski definition) is 1. The molecule has 0 bridgehead atoms. The maximum Gasteiger partial charge on any atom is 1.00 e. The maximum atomic E-state index is 4.96. The van der Waals surface area contributed by atoms with E-state index >= 15 is 0 Å². The summed E-state index contributed by atoms with van der Waals surface area (Å²) in [5.41, 5.74) is 0. The van der Waals surface area contributed by atoms with Crippen LogP contribution in [-0.4, -0.2) is 23.1 Å². The Hall–Kier alpha value is 0.539. The number of ether oxygens (including phenoxy) is 1. The van der Waals surface area contributed by atoms with Gasteiger partial charge in [-0.1, -0.05) is 0 Å². The number of rotatable bonds is 1. The summed E-state index contributed by atoms with van der Waals surface area (Å²) >= 11 is 2.90. The van der Waals surface area contributed by atoms with E-state index in [2.05, 4.69) is 16.0 Å². The number of benzene rings is 1. The first-order valence-electron chi connectivity index (χ1n) is 2.64. The van der Waals surface area contributed by atoms with Crippen LogP contribution in [0.3, 0.4) is 0 Å². The predicted molar refractivity (Wildman–Crippen MR) is 38.4 cm³/mol. The van der Waals surface area contributed by atoms with Gasteiger partial charge in [-0.2, -0.15) is 0 Å². The molecule has 0 N–H and O–H groups in total. The van der Waals surface area contributed by atoms with Crippen LogP contribution in [0.5, 0.6) is 5.75 Å². The van der Waals surface area contributed by atoms with Crippen molar-refractivity contribution in [3.05, 3.63) is 24.3 Å². The minimum Gasteiger partial charge on any atom is 1.00 e. The third-order valence-electron chi connectivity index (χ3n) is 1.06. The maximum absolute atomic E-state index is 4.96. The number of methoxy groups -OCH3 is 1. The number of hydrogen-bond donors (Lipinski definition) is 0. The van der Waals surface area contributed by atoms with Crippen LogP contribution in [0.4, 0.5) is 0 Å². The largest absolute Gasteiger partial charge is 1.00 e. The Labute approximate surface area is 91.3 Å². The molecule has 0 spiro atoms. The third kappa shape index (κ3) is 3.09. The molecule has 0 unspecified atom stereocenters. The molecule has 1 aromatic carbocycles. The fourth-order valence-electron chi connectivity index (χ4n) is 0.576. The minimum atomic E-state index is 0. The fraction of sp³-hybridized carbons (Fsp3) is 0.143. The van der Waals surface area contributed by atoms with Crippen LogP contribution in [0.1, 0.15) is 0 Å². The van der Waals surface area contributed by atoms with Gasteiger partial charge in [0.05, 0.1) is 0 Å². The van der Waals surface area contributed by atoms with Gasteiger partial charge in [-0.05, 0) is 0 Å². The zero-order chi connectivity index (χ0) is 6.69. The molecular formula is C7H7NaOSe+. The van der Waals surface area contributed by atoms with Crippen molar-refractivity contribution < 1.29 is 34.3 Å². The normalized spacial score (nSPS) is 8.10. The molecule has 1 radical (unpaired) electrons. The average molecular weight is 209 g/mol. The summed E-state index contributed by atoms with van der Waals surface area (Å²) in [6.45, 7) is 0. The van der Waals surface area contributed by atoms with E-state index in [0.29, 0.717) is 0 Å². The summed E-state index contributed by atoms with van der Waals surface area (Å²) in [6.07, 6.45) is 0. The van der Waals surface area contributed by atoms with Gasteiger partial charge in [0, 0.05) is 0 Å². The van der Waals surface area contributed by atoms with Crippen molar-refractivity contribution in [2.75, 3.05) is 7.11 Å². The molecule has 0 saturated carbocycles. The molecule has 1 nitrogen and oxygen atoms in total. The van der Waals surface area contributed by atoms with Crippen LogP contribution in [-0.2, 0) is 0 Å². The van der Waals surface area contributed by atoms with Crippen LogP contribution in [0.25, 0.3) is 0 Å². The zero-order valence-corrected chi connectivity index (χ0v) is 9.84. The van der Waals surface area contributed by atoms with E-state index in [1.54, 1.807) is 7.11 Å². The van der Waals surface area contributed by atoms with Crippen molar-refractivity contribution in [3.8, 4) is 5.75 Å². The first kappa shape index (κ1) is 10.5. The molecule has 0 fully saturated rings. The molecule has 1 aromatic rings.